The predicted octanol–water partition coefficient (Wildman–Crippen LogP) is 0.719. The van der Waals surface area contributed by atoms with E-state index in [1.165, 1.54) is 6.20 Å². The molecular formula is C8H8N2O. The Morgan fingerprint density at radius 3 is 3.18 bits per heavy atom. The maximum absolute atomic E-state index is 10.2. The highest BCUT2D eigenvalue weighted by Gasteiger charge is 1.93. The summed E-state index contributed by atoms with van der Waals surface area (Å²) in [5.74, 6) is 2.49. The summed E-state index contributed by atoms with van der Waals surface area (Å²) in [7, 11) is 0. The van der Waals surface area contributed by atoms with Gasteiger partial charge in [0, 0.05) is 12.6 Å². The second-order valence-corrected chi connectivity index (χ2v) is 2.11. The predicted molar refractivity (Wildman–Crippen MR) is 41.1 cm³/mol. The van der Waals surface area contributed by atoms with E-state index in [-0.39, 0.29) is 0 Å². The molecule has 0 aliphatic carbocycles. The number of carbonyl (C=O) groups excluding carboxylic acids is 1. The molecule has 0 aliphatic heterocycles. The van der Waals surface area contributed by atoms with Crippen LogP contribution >= 0.6 is 0 Å². The van der Waals surface area contributed by atoms with Gasteiger partial charge in [-0.05, 0) is 0 Å². The highest BCUT2D eigenvalue weighted by Crippen LogP contribution is 1.93. The van der Waals surface area contributed by atoms with Crippen molar-refractivity contribution in [1.29, 1.82) is 0 Å². The molecule has 1 aromatic heterocycles. The van der Waals surface area contributed by atoms with Crippen molar-refractivity contribution < 1.29 is 4.79 Å². The van der Waals surface area contributed by atoms with Crippen LogP contribution in [-0.4, -0.2) is 16.1 Å². The van der Waals surface area contributed by atoms with Crippen molar-refractivity contribution in [2.75, 3.05) is 0 Å². The van der Waals surface area contributed by atoms with Gasteiger partial charge in [0.05, 0.1) is 18.3 Å². The molecule has 0 saturated heterocycles. The zero-order valence-electron chi connectivity index (χ0n) is 6.03. The molecule has 1 aromatic rings. The van der Waals surface area contributed by atoms with Crippen LogP contribution < -0.4 is 0 Å². The van der Waals surface area contributed by atoms with Crippen molar-refractivity contribution in [1.82, 2.24) is 9.78 Å². The van der Waals surface area contributed by atoms with E-state index in [1.807, 2.05) is 0 Å². The van der Waals surface area contributed by atoms with Crippen LogP contribution in [0, 0.1) is 12.3 Å². The zero-order chi connectivity index (χ0) is 8.10. The first kappa shape index (κ1) is 7.55. The molecule has 0 saturated carbocycles. The fourth-order valence-electron chi connectivity index (χ4n) is 0.742. The Morgan fingerprint density at radius 1 is 1.82 bits per heavy atom. The van der Waals surface area contributed by atoms with E-state index < -0.39 is 0 Å². The van der Waals surface area contributed by atoms with E-state index in [0.29, 0.717) is 18.5 Å². The molecule has 0 radical (unpaired) electrons. The van der Waals surface area contributed by atoms with E-state index in [4.69, 9.17) is 6.42 Å². The molecule has 0 aromatic carbocycles. The number of terminal acetylenes is 1. The minimum Gasteiger partial charge on any atom is -0.298 e. The molecule has 0 bridgehead atoms. The lowest BCUT2D eigenvalue weighted by Crippen LogP contribution is -1.96. The van der Waals surface area contributed by atoms with Crippen LogP contribution in [-0.2, 0) is 6.54 Å². The molecule has 11 heavy (non-hydrogen) atoms. The minimum absolute atomic E-state index is 0.585. The Kier molecular flexibility index (Phi) is 2.45. The van der Waals surface area contributed by atoms with Crippen molar-refractivity contribution in [3.05, 3.63) is 18.0 Å². The van der Waals surface area contributed by atoms with E-state index in [9.17, 15) is 4.79 Å². The Labute approximate surface area is 65.0 Å². The van der Waals surface area contributed by atoms with Crippen LogP contribution in [0.15, 0.2) is 12.4 Å². The van der Waals surface area contributed by atoms with Gasteiger partial charge in [0.15, 0.2) is 6.29 Å². The van der Waals surface area contributed by atoms with Gasteiger partial charge in [-0.1, -0.05) is 0 Å². The molecule has 0 atom stereocenters. The second kappa shape index (κ2) is 3.57. The average Bonchev–Trinajstić information content (AvgIpc) is 2.48. The van der Waals surface area contributed by atoms with Gasteiger partial charge in [-0.2, -0.15) is 5.10 Å². The largest absolute Gasteiger partial charge is 0.298 e. The maximum atomic E-state index is 10.2. The number of rotatable bonds is 3. The lowest BCUT2D eigenvalue weighted by atomic mass is 10.4. The molecule has 3 heteroatoms. The minimum atomic E-state index is 0.585. The molecule has 56 valence electrons. The zero-order valence-corrected chi connectivity index (χ0v) is 6.03. The van der Waals surface area contributed by atoms with Crippen LogP contribution in [0.5, 0.6) is 0 Å². The van der Waals surface area contributed by atoms with Crippen molar-refractivity contribution in [2.45, 2.75) is 13.0 Å². The summed E-state index contributed by atoms with van der Waals surface area (Å²) in [6, 6.07) is 0. The average molecular weight is 148 g/mol. The molecular weight excluding hydrogens is 140 g/mol. The molecule has 0 aliphatic rings. The molecule has 0 spiro atoms. The summed E-state index contributed by atoms with van der Waals surface area (Å²) in [6.45, 7) is 0.671. The van der Waals surface area contributed by atoms with Gasteiger partial charge in [-0.15, -0.1) is 12.3 Å². The summed E-state index contributed by atoms with van der Waals surface area (Å²) in [4.78, 5) is 10.2. The van der Waals surface area contributed by atoms with Gasteiger partial charge in [-0.25, -0.2) is 0 Å². The fraction of sp³-hybridized carbons (Fsp3) is 0.250. The maximum Gasteiger partial charge on any atom is 0.153 e. The van der Waals surface area contributed by atoms with Crippen LogP contribution in [0.2, 0.25) is 0 Å². The third-order valence-electron chi connectivity index (χ3n) is 1.27. The fourth-order valence-corrected chi connectivity index (χ4v) is 0.742. The summed E-state index contributed by atoms with van der Waals surface area (Å²) in [5.41, 5.74) is 0.585. The molecule has 0 unspecified atom stereocenters. The summed E-state index contributed by atoms with van der Waals surface area (Å²) in [5, 5.41) is 3.91. The van der Waals surface area contributed by atoms with E-state index in [1.54, 1.807) is 10.9 Å². The molecule has 0 fully saturated rings. The highest BCUT2D eigenvalue weighted by molar-refractivity contribution is 5.73. The quantitative estimate of drug-likeness (QED) is 0.467. The number of hydrogen-bond acceptors (Lipinski definition) is 2. The van der Waals surface area contributed by atoms with E-state index in [2.05, 4.69) is 11.0 Å². The number of nitrogens with zero attached hydrogens (tertiary/aromatic N) is 2. The second-order valence-electron chi connectivity index (χ2n) is 2.11. The highest BCUT2D eigenvalue weighted by atomic mass is 16.1. The van der Waals surface area contributed by atoms with Crippen molar-refractivity contribution >= 4 is 6.29 Å². The monoisotopic (exact) mass is 148 g/mol. The van der Waals surface area contributed by atoms with Gasteiger partial charge in [0.2, 0.25) is 0 Å². The first-order valence-corrected chi connectivity index (χ1v) is 3.28. The number of aromatic nitrogens is 2. The van der Waals surface area contributed by atoms with E-state index >= 15 is 0 Å². The normalized spacial score (nSPS) is 9.00. The van der Waals surface area contributed by atoms with Crippen LogP contribution in [0.3, 0.4) is 0 Å². The summed E-state index contributed by atoms with van der Waals surface area (Å²) >= 11 is 0. The van der Waals surface area contributed by atoms with Gasteiger partial charge in [0.1, 0.15) is 0 Å². The van der Waals surface area contributed by atoms with E-state index in [0.717, 1.165) is 6.29 Å². The molecule has 1 heterocycles. The lowest BCUT2D eigenvalue weighted by molar-refractivity contribution is 0.112. The first-order chi connectivity index (χ1) is 5.36. The number of carbonyl (C=O) groups is 1. The topological polar surface area (TPSA) is 34.9 Å². The lowest BCUT2D eigenvalue weighted by Gasteiger charge is -1.93. The third kappa shape index (κ3) is 1.94. The number of aryl methyl sites for hydroxylation is 1. The summed E-state index contributed by atoms with van der Waals surface area (Å²) < 4.78 is 1.66. The van der Waals surface area contributed by atoms with Crippen molar-refractivity contribution in [3.63, 3.8) is 0 Å². The van der Waals surface area contributed by atoms with Crippen LogP contribution in [0.25, 0.3) is 0 Å². The van der Waals surface area contributed by atoms with Crippen molar-refractivity contribution in [3.8, 4) is 12.3 Å². The standard InChI is InChI=1S/C8H8N2O/c1-2-3-4-10-6-8(7-11)5-9-10/h1,5-7H,3-4H2. The number of aldehydes is 1. The Bertz CT molecular complexity index is 283. The first-order valence-electron chi connectivity index (χ1n) is 3.28. The smallest absolute Gasteiger partial charge is 0.153 e. The van der Waals surface area contributed by atoms with Crippen LogP contribution in [0.4, 0.5) is 0 Å². The number of hydrogen-bond donors (Lipinski definition) is 0. The molecule has 3 nitrogen and oxygen atoms in total. The third-order valence-corrected chi connectivity index (χ3v) is 1.27. The SMILES string of the molecule is C#CCCn1cc(C=O)cn1. The van der Waals surface area contributed by atoms with Gasteiger partial charge in [-0.3, -0.25) is 9.48 Å². The molecule has 1 rings (SSSR count). The Balaban J connectivity index is 2.59. The Hall–Kier alpha value is -1.56. The summed E-state index contributed by atoms with van der Waals surface area (Å²) in [6.07, 6.45) is 9.65. The van der Waals surface area contributed by atoms with Gasteiger partial charge in [0.25, 0.3) is 0 Å². The van der Waals surface area contributed by atoms with Crippen molar-refractivity contribution in [2.24, 2.45) is 0 Å². The van der Waals surface area contributed by atoms with Gasteiger partial charge < -0.3 is 0 Å². The van der Waals surface area contributed by atoms with Gasteiger partial charge >= 0.3 is 0 Å². The molecule has 0 amide bonds. The van der Waals surface area contributed by atoms with Crippen LogP contribution in [0.1, 0.15) is 16.8 Å². The Morgan fingerprint density at radius 2 is 2.64 bits per heavy atom. The molecule has 0 N–H and O–H groups in total.